The van der Waals surface area contributed by atoms with Gasteiger partial charge in [0.2, 0.25) is 11.0 Å². The molecule has 2 aromatic rings. The van der Waals surface area contributed by atoms with E-state index in [2.05, 4.69) is 22.4 Å². The number of anilines is 1. The third kappa shape index (κ3) is 5.49. The van der Waals surface area contributed by atoms with Gasteiger partial charge in [0, 0.05) is 12.0 Å². The van der Waals surface area contributed by atoms with Crippen molar-refractivity contribution in [1.29, 1.82) is 0 Å². The van der Waals surface area contributed by atoms with Crippen LogP contribution in [-0.4, -0.2) is 22.7 Å². The zero-order chi connectivity index (χ0) is 16.7. The fraction of sp³-hybridized carbons (Fsp3) is 0.353. The fourth-order valence-electron chi connectivity index (χ4n) is 1.73. The summed E-state index contributed by atoms with van der Waals surface area (Å²) in [5.41, 5.74) is 0.934. The van der Waals surface area contributed by atoms with Gasteiger partial charge in [-0.15, -0.1) is 10.2 Å². The number of nitrogens with zero attached hydrogens (tertiary/aromatic N) is 2. The summed E-state index contributed by atoms with van der Waals surface area (Å²) in [6, 6.07) is 7.62. The van der Waals surface area contributed by atoms with Crippen LogP contribution < -0.4 is 10.1 Å². The largest absolute Gasteiger partial charge is 0.494 e. The Morgan fingerprint density at radius 1 is 1.30 bits per heavy atom. The van der Waals surface area contributed by atoms with E-state index in [1.165, 1.54) is 17.4 Å². The van der Waals surface area contributed by atoms with Gasteiger partial charge in [0.05, 0.1) is 6.61 Å². The molecule has 1 amide bonds. The van der Waals surface area contributed by atoms with E-state index in [0.29, 0.717) is 17.7 Å². The van der Waals surface area contributed by atoms with Gasteiger partial charge in [-0.2, -0.15) is 0 Å². The minimum absolute atomic E-state index is 0.220. The molecule has 1 heterocycles. The lowest BCUT2D eigenvalue weighted by molar-refractivity contribution is -0.111. The van der Waals surface area contributed by atoms with Gasteiger partial charge in [0.25, 0.3) is 0 Å². The van der Waals surface area contributed by atoms with Crippen LogP contribution in [0.15, 0.2) is 30.3 Å². The monoisotopic (exact) mass is 331 g/mol. The minimum atomic E-state index is -0.220. The lowest BCUT2D eigenvalue weighted by Gasteiger charge is -2.03. The zero-order valence-electron chi connectivity index (χ0n) is 13.6. The van der Waals surface area contributed by atoms with Crippen molar-refractivity contribution in [3.05, 3.63) is 40.9 Å². The summed E-state index contributed by atoms with van der Waals surface area (Å²) in [5, 5.41) is 12.1. The topological polar surface area (TPSA) is 64.1 Å². The van der Waals surface area contributed by atoms with Gasteiger partial charge < -0.3 is 4.74 Å². The van der Waals surface area contributed by atoms with Gasteiger partial charge in [-0.25, -0.2) is 0 Å². The molecule has 1 aromatic carbocycles. The summed E-state index contributed by atoms with van der Waals surface area (Å²) >= 11 is 1.40. The van der Waals surface area contributed by atoms with Gasteiger partial charge in [-0.3, -0.25) is 10.1 Å². The second kappa shape index (κ2) is 8.43. The predicted octanol–water partition coefficient (Wildman–Crippen LogP) is 4.10. The van der Waals surface area contributed by atoms with Crippen molar-refractivity contribution >= 4 is 28.5 Å². The van der Waals surface area contributed by atoms with Gasteiger partial charge in [-0.05, 0) is 30.2 Å². The van der Waals surface area contributed by atoms with E-state index in [1.54, 1.807) is 6.08 Å². The van der Waals surface area contributed by atoms with Crippen molar-refractivity contribution in [3.63, 3.8) is 0 Å². The maximum atomic E-state index is 11.9. The first-order valence-corrected chi connectivity index (χ1v) is 8.45. The highest BCUT2D eigenvalue weighted by molar-refractivity contribution is 7.15. The number of hydrogen-bond donors (Lipinski definition) is 1. The van der Waals surface area contributed by atoms with E-state index in [9.17, 15) is 4.79 Å². The summed E-state index contributed by atoms with van der Waals surface area (Å²) in [4.78, 5) is 11.9. The molecule has 0 bridgehead atoms. The quantitative estimate of drug-likeness (QED) is 0.776. The number of carbonyl (C=O) groups excluding carboxylic acids is 1. The van der Waals surface area contributed by atoms with E-state index >= 15 is 0 Å². The minimum Gasteiger partial charge on any atom is -0.494 e. The van der Waals surface area contributed by atoms with Crippen LogP contribution in [0.25, 0.3) is 6.08 Å². The number of hydrogen-bond acceptors (Lipinski definition) is 5. The molecule has 1 aromatic heterocycles. The zero-order valence-corrected chi connectivity index (χ0v) is 14.4. The smallest absolute Gasteiger partial charge is 0.250 e. The molecule has 0 radical (unpaired) electrons. The van der Waals surface area contributed by atoms with Crippen molar-refractivity contribution in [2.75, 3.05) is 11.9 Å². The van der Waals surface area contributed by atoms with Crippen LogP contribution in [0.5, 0.6) is 5.75 Å². The number of ether oxygens (including phenoxy) is 1. The first-order valence-electron chi connectivity index (χ1n) is 7.63. The van der Waals surface area contributed by atoms with Crippen molar-refractivity contribution in [2.24, 2.45) is 0 Å². The van der Waals surface area contributed by atoms with Gasteiger partial charge >= 0.3 is 0 Å². The number of rotatable bonds is 7. The molecule has 23 heavy (non-hydrogen) atoms. The van der Waals surface area contributed by atoms with E-state index in [-0.39, 0.29) is 5.91 Å². The molecular formula is C17H21N3O2S. The standard InChI is InChI=1S/C17H21N3O2S/c1-4-11-22-14-8-5-13(6-9-14)7-10-15(21)18-17-20-19-16(23-17)12(2)3/h5-10,12H,4,11H2,1-3H3,(H,18,20,21)/b10-7+. The lowest BCUT2D eigenvalue weighted by Crippen LogP contribution is -2.07. The van der Waals surface area contributed by atoms with E-state index in [4.69, 9.17) is 4.74 Å². The van der Waals surface area contributed by atoms with Crippen molar-refractivity contribution in [2.45, 2.75) is 33.1 Å². The van der Waals surface area contributed by atoms with Crippen molar-refractivity contribution in [1.82, 2.24) is 10.2 Å². The second-order valence-electron chi connectivity index (χ2n) is 5.34. The summed E-state index contributed by atoms with van der Waals surface area (Å²) < 4.78 is 5.52. The third-order valence-corrected chi connectivity index (χ3v) is 4.08. The van der Waals surface area contributed by atoms with Gasteiger partial charge in [0.1, 0.15) is 10.8 Å². The highest BCUT2D eigenvalue weighted by Gasteiger charge is 2.08. The van der Waals surface area contributed by atoms with Crippen LogP contribution >= 0.6 is 11.3 Å². The first kappa shape index (κ1) is 17.1. The first-order chi connectivity index (χ1) is 11.1. The number of aromatic nitrogens is 2. The molecule has 0 saturated carbocycles. The van der Waals surface area contributed by atoms with Crippen LogP contribution in [0.4, 0.5) is 5.13 Å². The Hall–Kier alpha value is -2.21. The average molecular weight is 331 g/mol. The van der Waals surface area contributed by atoms with E-state index < -0.39 is 0 Å². The average Bonchev–Trinajstić information content (AvgIpc) is 3.00. The summed E-state index contributed by atoms with van der Waals surface area (Å²) in [6.07, 6.45) is 4.22. The van der Waals surface area contributed by atoms with Crippen molar-refractivity contribution < 1.29 is 9.53 Å². The molecule has 0 saturated heterocycles. The molecule has 0 aliphatic carbocycles. The number of amides is 1. The van der Waals surface area contributed by atoms with E-state index in [1.807, 2.05) is 38.1 Å². The number of carbonyl (C=O) groups is 1. The normalized spacial score (nSPS) is 11.1. The SMILES string of the molecule is CCCOc1ccc(/C=C/C(=O)Nc2nnc(C(C)C)s2)cc1. The Kier molecular flexibility index (Phi) is 6.29. The molecule has 122 valence electrons. The third-order valence-electron chi connectivity index (χ3n) is 2.94. The number of benzene rings is 1. The summed E-state index contributed by atoms with van der Waals surface area (Å²) in [5.74, 6) is 0.924. The maximum absolute atomic E-state index is 11.9. The Morgan fingerprint density at radius 3 is 2.65 bits per heavy atom. The molecule has 6 heteroatoms. The van der Waals surface area contributed by atoms with Crippen LogP contribution in [0.2, 0.25) is 0 Å². The molecule has 0 aliphatic heterocycles. The molecule has 0 aliphatic rings. The molecule has 5 nitrogen and oxygen atoms in total. The van der Waals surface area contributed by atoms with Crippen LogP contribution in [0, 0.1) is 0 Å². The second-order valence-corrected chi connectivity index (χ2v) is 6.35. The predicted molar refractivity (Wildman–Crippen MR) is 93.9 cm³/mol. The van der Waals surface area contributed by atoms with Crippen LogP contribution in [-0.2, 0) is 4.79 Å². The molecule has 0 unspecified atom stereocenters. The van der Waals surface area contributed by atoms with E-state index in [0.717, 1.165) is 22.7 Å². The molecule has 0 atom stereocenters. The number of nitrogens with one attached hydrogen (secondary N) is 1. The summed E-state index contributed by atoms with van der Waals surface area (Å²) in [7, 11) is 0. The highest BCUT2D eigenvalue weighted by atomic mass is 32.1. The molecule has 0 spiro atoms. The molecular weight excluding hydrogens is 310 g/mol. The Balaban J connectivity index is 1.89. The van der Waals surface area contributed by atoms with Gasteiger partial charge in [0.15, 0.2) is 0 Å². The van der Waals surface area contributed by atoms with Gasteiger partial charge in [-0.1, -0.05) is 44.2 Å². The Morgan fingerprint density at radius 2 is 2.04 bits per heavy atom. The lowest BCUT2D eigenvalue weighted by atomic mass is 10.2. The van der Waals surface area contributed by atoms with Crippen LogP contribution in [0.3, 0.4) is 0 Å². The Bertz CT molecular complexity index is 663. The molecule has 0 fully saturated rings. The summed E-state index contributed by atoms with van der Waals surface area (Å²) in [6.45, 7) is 6.86. The molecule has 2 rings (SSSR count). The fourth-order valence-corrected chi connectivity index (χ4v) is 2.48. The molecule has 1 N–H and O–H groups in total. The Labute approximate surface area is 140 Å². The maximum Gasteiger partial charge on any atom is 0.250 e. The highest BCUT2D eigenvalue weighted by Crippen LogP contribution is 2.22. The van der Waals surface area contributed by atoms with Crippen molar-refractivity contribution in [3.8, 4) is 5.75 Å². The van der Waals surface area contributed by atoms with Crippen LogP contribution in [0.1, 0.15) is 43.7 Å².